The van der Waals surface area contributed by atoms with Gasteiger partial charge in [-0.05, 0) is 18.9 Å². The van der Waals surface area contributed by atoms with Crippen LogP contribution in [0.1, 0.15) is 18.9 Å². The molecule has 1 aromatic carbocycles. The third-order valence-electron chi connectivity index (χ3n) is 2.26. The molecule has 0 saturated heterocycles. The molecule has 0 aliphatic carbocycles. The smallest absolute Gasteiger partial charge is 0.174 e. The average Bonchev–Trinajstić information content (AvgIpc) is 2.28. The van der Waals surface area contributed by atoms with Crippen molar-refractivity contribution >= 4 is 9.84 Å². The Kier molecular flexibility index (Phi) is 5.61. The Morgan fingerprint density at radius 3 is 2.53 bits per heavy atom. The van der Waals surface area contributed by atoms with Gasteiger partial charge in [0, 0.05) is 6.04 Å². The summed E-state index contributed by atoms with van der Waals surface area (Å²) >= 11 is 0. The van der Waals surface area contributed by atoms with Gasteiger partial charge in [0.2, 0.25) is 0 Å². The van der Waals surface area contributed by atoms with Crippen LogP contribution in [0, 0.1) is 0 Å². The molecule has 0 fully saturated rings. The predicted molar refractivity (Wildman–Crippen MR) is 68.2 cm³/mol. The van der Waals surface area contributed by atoms with Crippen molar-refractivity contribution in [3.05, 3.63) is 35.9 Å². The van der Waals surface area contributed by atoms with Crippen LogP contribution in [0.4, 0.5) is 0 Å². The van der Waals surface area contributed by atoms with Gasteiger partial charge in [0.1, 0.15) is 5.94 Å². The lowest BCUT2D eigenvalue weighted by Crippen LogP contribution is -2.22. The molecule has 0 saturated carbocycles. The minimum absolute atomic E-state index is 0.0828. The SMILES string of the molecule is CC(N)CCS(=O)(=O)COCc1ccccc1. The Balaban J connectivity index is 2.31. The fraction of sp³-hybridized carbons (Fsp3) is 0.500. The van der Waals surface area contributed by atoms with E-state index in [4.69, 9.17) is 10.5 Å². The zero-order chi connectivity index (χ0) is 12.7. The number of hydrogen-bond donors (Lipinski definition) is 1. The first-order valence-corrected chi connectivity index (χ1v) is 7.39. The highest BCUT2D eigenvalue weighted by Crippen LogP contribution is 2.03. The van der Waals surface area contributed by atoms with Gasteiger partial charge >= 0.3 is 0 Å². The molecule has 0 heterocycles. The lowest BCUT2D eigenvalue weighted by atomic mass is 10.2. The van der Waals surface area contributed by atoms with E-state index < -0.39 is 9.84 Å². The van der Waals surface area contributed by atoms with Crippen molar-refractivity contribution in [2.75, 3.05) is 11.7 Å². The van der Waals surface area contributed by atoms with E-state index in [-0.39, 0.29) is 17.7 Å². The Hall–Kier alpha value is -0.910. The molecule has 1 unspecified atom stereocenters. The van der Waals surface area contributed by atoms with Gasteiger partial charge in [0.25, 0.3) is 0 Å². The van der Waals surface area contributed by atoms with Gasteiger partial charge in [-0.15, -0.1) is 0 Å². The van der Waals surface area contributed by atoms with Gasteiger partial charge < -0.3 is 10.5 Å². The van der Waals surface area contributed by atoms with Crippen LogP contribution < -0.4 is 5.73 Å². The molecule has 1 aromatic rings. The van der Waals surface area contributed by atoms with Crippen LogP contribution in [0.2, 0.25) is 0 Å². The van der Waals surface area contributed by atoms with E-state index in [9.17, 15) is 8.42 Å². The second kappa shape index (κ2) is 6.74. The first-order valence-electron chi connectivity index (χ1n) is 5.57. The molecule has 96 valence electrons. The van der Waals surface area contributed by atoms with Crippen molar-refractivity contribution in [1.82, 2.24) is 0 Å². The first-order chi connectivity index (χ1) is 7.99. The summed E-state index contributed by atoms with van der Waals surface area (Å²) in [4.78, 5) is 0. The average molecular weight is 257 g/mol. The molecule has 0 aromatic heterocycles. The minimum atomic E-state index is -3.15. The number of ether oxygens (including phenoxy) is 1. The first kappa shape index (κ1) is 14.2. The summed E-state index contributed by atoms with van der Waals surface area (Å²) in [5, 5.41) is 0. The van der Waals surface area contributed by atoms with Gasteiger partial charge in [0.05, 0.1) is 12.4 Å². The number of nitrogens with two attached hydrogens (primary N) is 1. The van der Waals surface area contributed by atoms with Gasteiger partial charge in [-0.1, -0.05) is 30.3 Å². The third kappa shape index (κ3) is 6.41. The van der Waals surface area contributed by atoms with E-state index >= 15 is 0 Å². The molecule has 17 heavy (non-hydrogen) atoms. The van der Waals surface area contributed by atoms with Gasteiger partial charge in [-0.2, -0.15) is 0 Å². The number of rotatable bonds is 7. The van der Waals surface area contributed by atoms with Crippen molar-refractivity contribution in [3.63, 3.8) is 0 Å². The number of hydrogen-bond acceptors (Lipinski definition) is 4. The Bertz CT molecular complexity index is 415. The van der Waals surface area contributed by atoms with E-state index in [2.05, 4.69) is 0 Å². The normalized spacial score (nSPS) is 13.5. The van der Waals surface area contributed by atoms with Crippen LogP contribution >= 0.6 is 0 Å². The topological polar surface area (TPSA) is 69.4 Å². The second-order valence-electron chi connectivity index (χ2n) is 4.17. The maximum absolute atomic E-state index is 11.5. The molecule has 1 rings (SSSR count). The maximum Gasteiger partial charge on any atom is 0.174 e. The van der Waals surface area contributed by atoms with E-state index in [0.29, 0.717) is 13.0 Å². The van der Waals surface area contributed by atoms with Crippen LogP contribution in [0.3, 0.4) is 0 Å². The molecule has 0 spiro atoms. The van der Waals surface area contributed by atoms with E-state index in [1.807, 2.05) is 30.3 Å². The molecule has 0 bridgehead atoms. The summed E-state index contributed by atoms with van der Waals surface area (Å²) in [6.07, 6.45) is 0.469. The lowest BCUT2D eigenvalue weighted by molar-refractivity contribution is 0.163. The maximum atomic E-state index is 11.5. The van der Waals surface area contributed by atoms with E-state index in [0.717, 1.165) is 5.56 Å². The fourth-order valence-corrected chi connectivity index (χ4v) is 2.47. The third-order valence-corrected chi connectivity index (χ3v) is 3.64. The Morgan fingerprint density at radius 2 is 1.94 bits per heavy atom. The molecule has 5 heteroatoms. The molecule has 2 N–H and O–H groups in total. The molecule has 0 radical (unpaired) electrons. The summed E-state index contributed by atoms with van der Waals surface area (Å²) in [6.45, 7) is 2.11. The summed E-state index contributed by atoms with van der Waals surface area (Å²) < 4.78 is 28.3. The summed E-state index contributed by atoms with van der Waals surface area (Å²) in [5.41, 5.74) is 6.48. The van der Waals surface area contributed by atoms with E-state index in [1.54, 1.807) is 6.92 Å². The standard InChI is InChI=1S/C12H19NO3S/c1-11(13)7-8-17(14,15)10-16-9-12-5-3-2-4-6-12/h2-6,11H,7-10,13H2,1H3. The molecule has 0 aliphatic rings. The second-order valence-corrected chi connectivity index (χ2v) is 6.30. The van der Waals surface area contributed by atoms with Crippen LogP contribution in [0.5, 0.6) is 0 Å². The Labute approximate surface area is 103 Å². The van der Waals surface area contributed by atoms with Crippen molar-refractivity contribution in [2.45, 2.75) is 26.0 Å². The van der Waals surface area contributed by atoms with Crippen molar-refractivity contribution < 1.29 is 13.2 Å². The lowest BCUT2D eigenvalue weighted by Gasteiger charge is -2.07. The van der Waals surface area contributed by atoms with Gasteiger partial charge in [-0.25, -0.2) is 8.42 Å². The molecular weight excluding hydrogens is 238 g/mol. The van der Waals surface area contributed by atoms with Gasteiger partial charge in [0.15, 0.2) is 9.84 Å². The molecular formula is C12H19NO3S. The van der Waals surface area contributed by atoms with Crippen molar-refractivity contribution in [3.8, 4) is 0 Å². The zero-order valence-corrected chi connectivity index (χ0v) is 10.8. The monoisotopic (exact) mass is 257 g/mol. The number of sulfone groups is 1. The van der Waals surface area contributed by atoms with Crippen LogP contribution in [0.25, 0.3) is 0 Å². The highest BCUT2D eigenvalue weighted by atomic mass is 32.2. The molecule has 1 atom stereocenters. The van der Waals surface area contributed by atoms with E-state index in [1.165, 1.54) is 0 Å². The van der Waals surface area contributed by atoms with Crippen molar-refractivity contribution in [2.24, 2.45) is 5.73 Å². The molecule has 0 aliphatic heterocycles. The number of benzene rings is 1. The minimum Gasteiger partial charge on any atom is -0.361 e. The van der Waals surface area contributed by atoms with Crippen LogP contribution in [0.15, 0.2) is 30.3 Å². The predicted octanol–water partition coefficient (Wildman–Crippen LogP) is 1.31. The van der Waals surface area contributed by atoms with Crippen LogP contribution in [-0.4, -0.2) is 26.2 Å². The van der Waals surface area contributed by atoms with Crippen molar-refractivity contribution in [1.29, 1.82) is 0 Å². The molecule has 0 amide bonds. The highest BCUT2D eigenvalue weighted by Gasteiger charge is 2.11. The van der Waals surface area contributed by atoms with Crippen LogP contribution in [-0.2, 0) is 21.2 Å². The Morgan fingerprint density at radius 1 is 1.29 bits per heavy atom. The quantitative estimate of drug-likeness (QED) is 0.799. The highest BCUT2D eigenvalue weighted by molar-refractivity contribution is 7.91. The zero-order valence-electron chi connectivity index (χ0n) is 10.0. The summed E-state index contributed by atoms with van der Waals surface area (Å²) in [5.74, 6) is -0.159. The molecule has 4 nitrogen and oxygen atoms in total. The summed E-state index contributed by atoms with van der Waals surface area (Å²) in [7, 11) is -3.15. The van der Waals surface area contributed by atoms with Gasteiger partial charge in [-0.3, -0.25) is 0 Å². The fourth-order valence-electron chi connectivity index (χ4n) is 1.29. The summed E-state index contributed by atoms with van der Waals surface area (Å²) in [6, 6.07) is 9.39. The largest absolute Gasteiger partial charge is 0.361 e.